The van der Waals surface area contributed by atoms with Crippen LogP contribution < -0.4 is 15.4 Å². The molecule has 0 aliphatic carbocycles. The molecule has 0 radical (unpaired) electrons. The van der Waals surface area contributed by atoms with Crippen molar-refractivity contribution in [1.29, 1.82) is 5.41 Å². The number of hydrogen-bond donors (Lipinski definition) is 3. The number of hydrogen-bond acceptors (Lipinski definition) is 4. The molecule has 3 rings (SSSR count). The summed E-state index contributed by atoms with van der Waals surface area (Å²) in [5.41, 5.74) is 3.85. The van der Waals surface area contributed by atoms with Crippen LogP contribution in [0.25, 0.3) is 0 Å². The average molecular weight is 518 g/mol. The molecule has 0 bridgehead atoms. The highest BCUT2D eigenvalue weighted by molar-refractivity contribution is 6.31. The van der Waals surface area contributed by atoms with Gasteiger partial charge < -0.3 is 20.8 Å². The Morgan fingerprint density at radius 1 is 1.06 bits per heavy atom. The molecule has 3 aromatic carbocycles. The van der Waals surface area contributed by atoms with Crippen molar-refractivity contribution in [3.8, 4) is 5.75 Å². The van der Waals surface area contributed by atoms with E-state index in [0.29, 0.717) is 45.8 Å². The van der Waals surface area contributed by atoms with Gasteiger partial charge in [0.05, 0.1) is 6.04 Å². The van der Waals surface area contributed by atoms with Crippen molar-refractivity contribution in [2.45, 2.75) is 45.8 Å². The summed E-state index contributed by atoms with van der Waals surface area (Å²) in [6.45, 7) is 5.67. The van der Waals surface area contributed by atoms with Crippen molar-refractivity contribution in [3.63, 3.8) is 0 Å². The molecule has 9 heteroatoms. The Kier molecular flexibility index (Phi) is 8.30. The predicted molar refractivity (Wildman–Crippen MR) is 137 cm³/mol. The molecule has 0 aliphatic heterocycles. The standard InChI is InChI=1S/C27H27ClF3N3O2/c1-15-11-18(5-8-22(15)28)25(17(3)33-26(35)27(4,30)31)36-21-7-10-24(19(13-21)14-32)34-23-9-6-20(29)12-16(23)2/h5-14,17,25,32,34H,1-4H3,(H,33,35)/t17?,25-/m0/s1. The van der Waals surface area contributed by atoms with E-state index in [4.69, 9.17) is 21.7 Å². The molecule has 3 N–H and O–H groups in total. The Balaban J connectivity index is 1.92. The fourth-order valence-electron chi connectivity index (χ4n) is 3.62. The minimum Gasteiger partial charge on any atom is -0.484 e. The lowest BCUT2D eigenvalue weighted by molar-refractivity contribution is -0.144. The molecule has 2 atom stereocenters. The first kappa shape index (κ1) is 27.1. The monoisotopic (exact) mass is 517 g/mol. The third-order valence-corrected chi connectivity index (χ3v) is 6.05. The lowest BCUT2D eigenvalue weighted by Gasteiger charge is -2.28. The molecule has 0 aliphatic rings. The average Bonchev–Trinajstić information content (AvgIpc) is 2.81. The second-order valence-electron chi connectivity index (χ2n) is 8.68. The molecular weight excluding hydrogens is 491 g/mol. The molecule has 1 unspecified atom stereocenters. The van der Waals surface area contributed by atoms with Crippen molar-refractivity contribution < 1.29 is 22.7 Å². The van der Waals surface area contributed by atoms with E-state index in [-0.39, 0.29) is 5.82 Å². The zero-order valence-electron chi connectivity index (χ0n) is 20.3. The van der Waals surface area contributed by atoms with E-state index in [1.165, 1.54) is 12.1 Å². The summed E-state index contributed by atoms with van der Waals surface area (Å²) in [5.74, 6) is -4.95. The molecule has 0 spiro atoms. The molecule has 0 heterocycles. The summed E-state index contributed by atoms with van der Waals surface area (Å²) < 4.78 is 46.7. The van der Waals surface area contributed by atoms with Crippen LogP contribution in [0.5, 0.6) is 5.75 Å². The van der Waals surface area contributed by atoms with Crippen LogP contribution in [0.4, 0.5) is 24.5 Å². The molecule has 5 nitrogen and oxygen atoms in total. The highest BCUT2D eigenvalue weighted by Gasteiger charge is 2.35. The fourth-order valence-corrected chi connectivity index (χ4v) is 3.74. The lowest BCUT2D eigenvalue weighted by Crippen LogP contribution is -2.46. The Labute approximate surface area is 213 Å². The summed E-state index contributed by atoms with van der Waals surface area (Å²) in [5, 5.41) is 13.9. The van der Waals surface area contributed by atoms with Gasteiger partial charge in [-0.05, 0) is 79.9 Å². The number of benzene rings is 3. The number of amides is 1. The van der Waals surface area contributed by atoms with Crippen molar-refractivity contribution >= 4 is 35.1 Å². The van der Waals surface area contributed by atoms with Crippen LogP contribution in [0.2, 0.25) is 5.02 Å². The van der Waals surface area contributed by atoms with Gasteiger partial charge in [0.15, 0.2) is 0 Å². The van der Waals surface area contributed by atoms with E-state index in [2.05, 4.69) is 10.6 Å². The Bertz CT molecular complexity index is 1280. The maximum absolute atomic E-state index is 13.5. The molecule has 3 aromatic rings. The second-order valence-corrected chi connectivity index (χ2v) is 9.08. The highest BCUT2D eigenvalue weighted by atomic mass is 35.5. The quantitative estimate of drug-likeness (QED) is 0.265. The van der Waals surface area contributed by atoms with Gasteiger partial charge in [-0.2, -0.15) is 8.78 Å². The van der Waals surface area contributed by atoms with E-state index in [9.17, 15) is 18.0 Å². The van der Waals surface area contributed by atoms with E-state index >= 15 is 0 Å². The largest absolute Gasteiger partial charge is 0.484 e. The maximum Gasteiger partial charge on any atom is 0.321 e. The highest BCUT2D eigenvalue weighted by Crippen LogP contribution is 2.32. The molecule has 190 valence electrons. The number of alkyl halides is 2. The number of aryl methyl sites for hydroxylation is 2. The third-order valence-electron chi connectivity index (χ3n) is 5.62. The Hall–Kier alpha value is -3.52. The van der Waals surface area contributed by atoms with Gasteiger partial charge in [0, 0.05) is 35.1 Å². The SMILES string of the molecule is Cc1cc([C@@H](Oc2ccc(Nc3ccc(F)cc3C)c(C=N)c2)C(C)NC(=O)C(C)(F)F)ccc1Cl. The van der Waals surface area contributed by atoms with Crippen molar-refractivity contribution in [2.24, 2.45) is 0 Å². The number of carbonyl (C=O) groups excluding carboxylic acids is 1. The van der Waals surface area contributed by atoms with Gasteiger partial charge in [0.2, 0.25) is 0 Å². The number of ether oxygens (including phenoxy) is 1. The Morgan fingerprint density at radius 2 is 1.75 bits per heavy atom. The van der Waals surface area contributed by atoms with Gasteiger partial charge in [-0.1, -0.05) is 23.7 Å². The summed E-state index contributed by atoms with van der Waals surface area (Å²) >= 11 is 6.15. The van der Waals surface area contributed by atoms with Gasteiger partial charge in [-0.3, -0.25) is 4.79 Å². The molecule has 36 heavy (non-hydrogen) atoms. The van der Waals surface area contributed by atoms with Crippen LogP contribution in [0.15, 0.2) is 54.6 Å². The molecule has 0 saturated carbocycles. The minimum atomic E-state index is -3.55. The van der Waals surface area contributed by atoms with E-state index < -0.39 is 24.0 Å². The van der Waals surface area contributed by atoms with Gasteiger partial charge in [0.25, 0.3) is 5.91 Å². The van der Waals surface area contributed by atoms with Crippen LogP contribution in [0.1, 0.15) is 42.2 Å². The number of nitrogens with one attached hydrogen (secondary N) is 3. The van der Waals surface area contributed by atoms with Gasteiger partial charge in [-0.15, -0.1) is 0 Å². The summed E-state index contributed by atoms with van der Waals surface area (Å²) in [7, 11) is 0. The van der Waals surface area contributed by atoms with Gasteiger partial charge >= 0.3 is 5.92 Å². The topological polar surface area (TPSA) is 74.2 Å². The predicted octanol–water partition coefficient (Wildman–Crippen LogP) is 7.12. The zero-order chi connectivity index (χ0) is 26.6. The zero-order valence-corrected chi connectivity index (χ0v) is 21.0. The van der Waals surface area contributed by atoms with Crippen LogP contribution in [0.3, 0.4) is 0 Å². The van der Waals surface area contributed by atoms with Crippen molar-refractivity contribution in [1.82, 2.24) is 5.32 Å². The number of carbonyl (C=O) groups is 1. The number of rotatable bonds is 9. The Morgan fingerprint density at radius 3 is 2.36 bits per heavy atom. The molecule has 0 saturated heterocycles. The van der Waals surface area contributed by atoms with Crippen LogP contribution in [-0.2, 0) is 4.79 Å². The summed E-state index contributed by atoms with van der Waals surface area (Å²) in [6, 6.07) is 13.6. The van der Waals surface area contributed by atoms with Crippen LogP contribution >= 0.6 is 11.6 Å². The number of halogens is 4. The first-order chi connectivity index (χ1) is 16.9. The van der Waals surface area contributed by atoms with E-state index in [1.807, 2.05) is 0 Å². The van der Waals surface area contributed by atoms with Gasteiger partial charge in [0.1, 0.15) is 17.7 Å². The molecule has 1 amide bonds. The maximum atomic E-state index is 13.5. The summed E-state index contributed by atoms with van der Waals surface area (Å²) in [4.78, 5) is 12.0. The van der Waals surface area contributed by atoms with E-state index in [1.54, 1.807) is 63.2 Å². The van der Waals surface area contributed by atoms with Crippen LogP contribution in [0, 0.1) is 25.1 Å². The summed E-state index contributed by atoms with van der Waals surface area (Å²) in [6.07, 6.45) is 0.308. The number of anilines is 2. The van der Waals surface area contributed by atoms with Crippen molar-refractivity contribution in [3.05, 3.63) is 87.7 Å². The first-order valence-corrected chi connectivity index (χ1v) is 11.6. The first-order valence-electron chi connectivity index (χ1n) is 11.2. The van der Waals surface area contributed by atoms with E-state index in [0.717, 1.165) is 11.8 Å². The molecule has 0 aromatic heterocycles. The third kappa shape index (κ3) is 6.57. The van der Waals surface area contributed by atoms with Crippen LogP contribution in [-0.4, -0.2) is 24.1 Å². The lowest BCUT2D eigenvalue weighted by atomic mass is 10.0. The van der Waals surface area contributed by atoms with Gasteiger partial charge in [-0.25, -0.2) is 4.39 Å². The second kappa shape index (κ2) is 11.0. The molecular formula is C27H27ClF3N3O2. The van der Waals surface area contributed by atoms with Crippen molar-refractivity contribution in [2.75, 3.05) is 5.32 Å². The minimum absolute atomic E-state index is 0.348. The normalized spacial score (nSPS) is 13.0. The molecule has 0 fully saturated rings. The smallest absolute Gasteiger partial charge is 0.321 e. The fraction of sp³-hybridized carbons (Fsp3) is 0.259.